The van der Waals surface area contributed by atoms with Crippen LogP contribution in [0.1, 0.15) is 58.3 Å². The molecule has 0 aromatic carbocycles. The van der Waals surface area contributed by atoms with Gasteiger partial charge in [-0.05, 0) is 25.7 Å². The van der Waals surface area contributed by atoms with Gasteiger partial charge in [-0.1, -0.05) is 32.6 Å². The summed E-state index contributed by atoms with van der Waals surface area (Å²) in [5, 5.41) is 0. The number of ether oxygens (including phenoxy) is 1. The number of nitrogens with two attached hydrogens (primary N) is 1. The summed E-state index contributed by atoms with van der Waals surface area (Å²) in [5.41, 5.74) is 5.77. The van der Waals surface area contributed by atoms with Crippen molar-refractivity contribution in [1.29, 1.82) is 0 Å². The molecule has 0 atom stereocenters. The number of rotatable bonds is 8. The van der Waals surface area contributed by atoms with E-state index in [0.29, 0.717) is 18.6 Å². The Balaban J connectivity index is 1.83. The van der Waals surface area contributed by atoms with Gasteiger partial charge in [-0.3, -0.25) is 0 Å². The summed E-state index contributed by atoms with van der Waals surface area (Å²) in [7, 11) is 0. The highest BCUT2D eigenvalue weighted by atomic mass is 16.5. The molecule has 118 valence electrons. The highest BCUT2D eigenvalue weighted by molar-refractivity contribution is 5.36. The normalized spacial score (nSPS) is 15.2. The lowest BCUT2D eigenvalue weighted by atomic mass is 10.1. The number of hydrogen-bond donors (Lipinski definition) is 1. The first-order chi connectivity index (χ1) is 10.3. The van der Waals surface area contributed by atoms with Crippen molar-refractivity contribution in [1.82, 2.24) is 15.0 Å². The molecule has 0 amide bonds. The van der Waals surface area contributed by atoms with Gasteiger partial charge in [-0.15, -0.1) is 0 Å². The van der Waals surface area contributed by atoms with E-state index in [4.69, 9.17) is 10.5 Å². The molecular formula is C15H27N5O. The summed E-state index contributed by atoms with van der Waals surface area (Å²) >= 11 is 0. The third-order valence-electron chi connectivity index (χ3n) is 3.74. The van der Waals surface area contributed by atoms with Gasteiger partial charge >= 0.3 is 6.01 Å². The molecule has 1 saturated heterocycles. The number of aromatic nitrogens is 3. The van der Waals surface area contributed by atoms with E-state index in [-0.39, 0.29) is 5.95 Å². The predicted octanol–water partition coefficient (Wildman–Crippen LogP) is 2.79. The second-order valence-electron chi connectivity index (χ2n) is 5.59. The molecule has 2 N–H and O–H groups in total. The second-order valence-corrected chi connectivity index (χ2v) is 5.59. The van der Waals surface area contributed by atoms with E-state index in [1.54, 1.807) is 0 Å². The zero-order valence-corrected chi connectivity index (χ0v) is 13.1. The van der Waals surface area contributed by atoms with Crippen LogP contribution in [0.25, 0.3) is 0 Å². The zero-order valence-electron chi connectivity index (χ0n) is 13.1. The number of nitrogen functional groups attached to an aromatic ring is 1. The van der Waals surface area contributed by atoms with E-state index in [9.17, 15) is 0 Å². The predicted molar refractivity (Wildman–Crippen MR) is 84.6 cm³/mol. The van der Waals surface area contributed by atoms with Crippen LogP contribution in [-0.2, 0) is 0 Å². The quantitative estimate of drug-likeness (QED) is 0.743. The minimum absolute atomic E-state index is 0.242. The van der Waals surface area contributed by atoms with Gasteiger partial charge < -0.3 is 15.4 Å². The highest BCUT2D eigenvalue weighted by Crippen LogP contribution is 2.18. The van der Waals surface area contributed by atoms with Gasteiger partial charge in [0.25, 0.3) is 0 Å². The van der Waals surface area contributed by atoms with Crippen LogP contribution in [0.2, 0.25) is 0 Å². The average Bonchev–Trinajstić information content (AvgIpc) is 2.51. The number of piperidine rings is 1. The van der Waals surface area contributed by atoms with Crippen molar-refractivity contribution in [3.63, 3.8) is 0 Å². The summed E-state index contributed by atoms with van der Waals surface area (Å²) in [6.07, 6.45) is 9.66. The van der Waals surface area contributed by atoms with Crippen molar-refractivity contribution in [2.75, 3.05) is 30.3 Å². The van der Waals surface area contributed by atoms with Crippen molar-refractivity contribution < 1.29 is 4.74 Å². The Hall–Kier alpha value is -1.59. The Labute approximate surface area is 127 Å². The molecule has 1 aliphatic heterocycles. The molecule has 0 radical (unpaired) electrons. The van der Waals surface area contributed by atoms with Crippen LogP contribution < -0.4 is 15.4 Å². The van der Waals surface area contributed by atoms with Crippen molar-refractivity contribution in [2.24, 2.45) is 0 Å². The lowest BCUT2D eigenvalue weighted by Crippen LogP contribution is -2.31. The zero-order chi connectivity index (χ0) is 14.9. The molecule has 2 rings (SSSR count). The lowest BCUT2D eigenvalue weighted by molar-refractivity contribution is 0.281. The second kappa shape index (κ2) is 8.64. The molecule has 6 heteroatoms. The molecule has 6 nitrogen and oxygen atoms in total. The van der Waals surface area contributed by atoms with Gasteiger partial charge in [-0.25, -0.2) is 0 Å². The minimum Gasteiger partial charge on any atom is -0.463 e. The van der Waals surface area contributed by atoms with Crippen LogP contribution in [-0.4, -0.2) is 34.6 Å². The Bertz CT molecular complexity index is 421. The Kier molecular flexibility index (Phi) is 6.50. The third kappa shape index (κ3) is 5.36. The number of anilines is 2. The molecule has 1 aromatic rings. The van der Waals surface area contributed by atoms with Crippen LogP contribution in [0.15, 0.2) is 0 Å². The number of unbranched alkanes of at least 4 members (excludes halogenated alkanes) is 4. The van der Waals surface area contributed by atoms with Crippen LogP contribution in [0.3, 0.4) is 0 Å². The Morgan fingerprint density at radius 3 is 2.52 bits per heavy atom. The molecule has 0 aliphatic carbocycles. The van der Waals surface area contributed by atoms with E-state index in [2.05, 4.69) is 26.8 Å². The first kappa shape index (κ1) is 15.8. The van der Waals surface area contributed by atoms with E-state index < -0.39 is 0 Å². The number of hydrogen-bond acceptors (Lipinski definition) is 6. The summed E-state index contributed by atoms with van der Waals surface area (Å²) in [5.74, 6) is 0.898. The molecule has 0 spiro atoms. The van der Waals surface area contributed by atoms with E-state index >= 15 is 0 Å². The highest BCUT2D eigenvalue weighted by Gasteiger charge is 2.15. The smallest absolute Gasteiger partial charge is 0.323 e. The van der Waals surface area contributed by atoms with E-state index in [1.165, 1.54) is 44.9 Å². The van der Waals surface area contributed by atoms with Crippen molar-refractivity contribution in [3.05, 3.63) is 0 Å². The molecule has 1 fully saturated rings. The fourth-order valence-electron chi connectivity index (χ4n) is 2.53. The summed E-state index contributed by atoms with van der Waals surface area (Å²) in [6.45, 7) is 4.83. The topological polar surface area (TPSA) is 77.2 Å². The minimum atomic E-state index is 0.242. The fourth-order valence-corrected chi connectivity index (χ4v) is 2.53. The molecule has 21 heavy (non-hydrogen) atoms. The fraction of sp³-hybridized carbons (Fsp3) is 0.800. The summed E-state index contributed by atoms with van der Waals surface area (Å²) in [4.78, 5) is 14.9. The number of nitrogens with zero attached hydrogens (tertiary/aromatic N) is 4. The maximum absolute atomic E-state index is 5.77. The van der Waals surface area contributed by atoms with Gasteiger partial charge in [0, 0.05) is 13.1 Å². The van der Waals surface area contributed by atoms with Gasteiger partial charge in [0.05, 0.1) is 6.61 Å². The SMILES string of the molecule is CCCCCCCOc1nc(N)nc(N2CCCCC2)n1. The van der Waals surface area contributed by atoms with Gasteiger partial charge in [0.15, 0.2) is 0 Å². The van der Waals surface area contributed by atoms with E-state index in [1.807, 2.05) is 0 Å². The van der Waals surface area contributed by atoms with E-state index in [0.717, 1.165) is 19.5 Å². The maximum atomic E-state index is 5.77. The average molecular weight is 293 g/mol. The van der Waals surface area contributed by atoms with Crippen LogP contribution in [0.4, 0.5) is 11.9 Å². The molecule has 1 aromatic heterocycles. The standard InChI is InChI=1S/C15H27N5O/c1-2-3-4-5-9-12-21-15-18-13(16)17-14(19-15)20-10-7-6-8-11-20/h2-12H2,1H3,(H2,16,17,18,19). The Morgan fingerprint density at radius 2 is 1.76 bits per heavy atom. The lowest BCUT2D eigenvalue weighted by Gasteiger charge is -2.26. The van der Waals surface area contributed by atoms with Gasteiger partial charge in [0.2, 0.25) is 11.9 Å². The van der Waals surface area contributed by atoms with Crippen molar-refractivity contribution in [3.8, 4) is 6.01 Å². The molecule has 0 bridgehead atoms. The first-order valence-corrected chi connectivity index (χ1v) is 8.19. The maximum Gasteiger partial charge on any atom is 0.323 e. The van der Waals surface area contributed by atoms with Gasteiger partial charge in [-0.2, -0.15) is 15.0 Å². The monoisotopic (exact) mass is 293 g/mol. The van der Waals surface area contributed by atoms with Crippen LogP contribution in [0, 0.1) is 0 Å². The first-order valence-electron chi connectivity index (χ1n) is 8.19. The largest absolute Gasteiger partial charge is 0.463 e. The van der Waals surface area contributed by atoms with Crippen molar-refractivity contribution >= 4 is 11.9 Å². The third-order valence-corrected chi connectivity index (χ3v) is 3.74. The molecule has 1 aliphatic rings. The van der Waals surface area contributed by atoms with Gasteiger partial charge in [0.1, 0.15) is 0 Å². The summed E-state index contributed by atoms with van der Waals surface area (Å²) < 4.78 is 5.63. The van der Waals surface area contributed by atoms with Crippen LogP contribution >= 0.6 is 0 Å². The summed E-state index contributed by atoms with van der Waals surface area (Å²) in [6, 6.07) is 0.360. The Morgan fingerprint density at radius 1 is 1.00 bits per heavy atom. The van der Waals surface area contributed by atoms with Crippen LogP contribution in [0.5, 0.6) is 6.01 Å². The van der Waals surface area contributed by atoms with Crippen molar-refractivity contribution in [2.45, 2.75) is 58.3 Å². The molecule has 0 unspecified atom stereocenters. The molecule has 2 heterocycles. The molecular weight excluding hydrogens is 266 g/mol. The molecule has 0 saturated carbocycles.